The lowest BCUT2D eigenvalue weighted by molar-refractivity contribution is 0.0917. The summed E-state index contributed by atoms with van der Waals surface area (Å²) in [5, 5.41) is 3.64. The molecule has 2 aliphatic heterocycles. The average Bonchev–Trinajstić information content (AvgIpc) is 2.69. The van der Waals surface area contributed by atoms with Crippen molar-refractivity contribution in [3.63, 3.8) is 0 Å². The molecule has 2 fully saturated rings. The van der Waals surface area contributed by atoms with Crippen LogP contribution in [0.2, 0.25) is 5.02 Å². The Morgan fingerprint density at radius 3 is 2.67 bits per heavy atom. The van der Waals surface area contributed by atoms with Crippen LogP contribution < -0.4 is 5.32 Å². The summed E-state index contributed by atoms with van der Waals surface area (Å²) in [6.45, 7) is 0.771. The number of piperidine rings is 1. The number of carbonyl (C=O) groups is 1. The number of rotatable bonds is 3. The van der Waals surface area contributed by atoms with Gasteiger partial charge < -0.3 is 10.2 Å². The number of nitrogens with zero attached hydrogens (tertiary/aromatic N) is 1. The monoisotopic (exact) mass is 370 g/mol. The number of hydrogen-bond acceptors (Lipinski definition) is 2. The third kappa shape index (κ3) is 3.27. The van der Waals surface area contributed by atoms with E-state index in [0.717, 1.165) is 11.0 Å². The molecular formula is C16H20BrClN2O. The van der Waals surface area contributed by atoms with Crippen molar-refractivity contribution >= 4 is 33.4 Å². The molecule has 2 heterocycles. The van der Waals surface area contributed by atoms with Gasteiger partial charge in [-0.1, -0.05) is 11.6 Å². The molecule has 3 nitrogen and oxygen atoms in total. The molecule has 2 atom stereocenters. The van der Waals surface area contributed by atoms with Gasteiger partial charge in [0.2, 0.25) is 0 Å². The maximum Gasteiger partial charge on any atom is 0.251 e. The minimum Gasteiger partial charge on any atom is -0.352 e. The Kier molecular flexibility index (Phi) is 4.57. The van der Waals surface area contributed by atoms with Gasteiger partial charge in [0.25, 0.3) is 5.91 Å². The van der Waals surface area contributed by atoms with E-state index in [4.69, 9.17) is 11.6 Å². The molecule has 5 heteroatoms. The largest absolute Gasteiger partial charge is 0.352 e. The standard InChI is InChI=1S/C16H20BrClN2O/c1-20-12-3-4-13(20)7-10(6-12)9-19-16(21)11-2-5-14(17)15(18)8-11/h2,5,8,10,12-13H,3-4,6-7,9H2,1H3,(H,19,21). The highest BCUT2D eigenvalue weighted by molar-refractivity contribution is 9.10. The highest BCUT2D eigenvalue weighted by Crippen LogP contribution is 2.37. The number of fused-ring (bicyclic) bond motifs is 2. The van der Waals surface area contributed by atoms with Crippen LogP contribution in [-0.4, -0.2) is 36.5 Å². The van der Waals surface area contributed by atoms with Gasteiger partial charge in [-0.25, -0.2) is 0 Å². The highest BCUT2D eigenvalue weighted by Gasteiger charge is 2.38. The number of nitrogens with one attached hydrogen (secondary N) is 1. The zero-order valence-corrected chi connectivity index (χ0v) is 14.5. The minimum atomic E-state index is -0.0318. The Hall–Kier alpha value is -0.580. The molecule has 1 aromatic rings. The van der Waals surface area contributed by atoms with Gasteiger partial charge in [0, 0.05) is 28.7 Å². The van der Waals surface area contributed by atoms with Crippen LogP contribution in [0, 0.1) is 5.92 Å². The average molecular weight is 372 g/mol. The smallest absolute Gasteiger partial charge is 0.251 e. The molecule has 2 saturated heterocycles. The second-order valence-corrected chi connectivity index (χ2v) is 7.49. The summed E-state index contributed by atoms with van der Waals surface area (Å²) in [6, 6.07) is 6.75. The van der Waals surface area contributed by atoms with Gasteiger partial charge in [-0.2, -0.15) is 0 Å². The Balaban J connectivity index is 1.55. The van der Waals surface area contributed by atoms with Crippen molar-refractivity contribution in [3.8, 4) is 0 Å². The van der Waals surface area contributed by atoms with E-state index in [-0.39, 0.29) is 5.91 Å². The Morgan fingerprint density at radius 1 is 1.38 bits per heavy atom. The van der Waals surface area contributed by atoms with Crippen LogP contribution >= 0.6 is 27.5 Å². The molecule has 2 bridgehead atoms. The van der Waals surface area contributed by atoms with Crippen molar-refractivity contribution in [3.05, 3.63) is 33.3 Å². The number of halogens is 2. The molecule has 0 spiro atoms. The number of carbonyl (C=O) groups excluding carboxylic acids is 1. The molecule has 0 radical (unpaired) electrons. The first kappa shape index (κ1) is 15.3. The van der Waals surface area contributed by atoms with Crippen molar-refractivity contribution in [1.82, 2.24) is 10.2 Å². The zero-order chi connectivity index (χ0) is 15.0. The van der Waals surface area contributed by atoms with Crippen LogP contribution in [0.25, 0.3) is 0 Å². The van der Waals surface area contributed by atoms with E-state index >= 15 is 0 Å². The van der Waals surface area contributed by atoms with E-state index in [9.17, 15) is 4.79 Å². The van der Waals surface area contributed by atoms with Gasteiger partial charge >= 0.3 is 0 Å². The first-order valence-electron chi connectivity index (χ1n) is 7.50. The highest BCUT2D eigenvalue weighted by atomic mass is 79.9. The van der Waals surface area contributed by atoms with Gasteiger partial charge in [-0.3, -0.25) is 4.79 Å². The molecule has 21 heavy (non-hydrogen) atoms. The fraction of sp³-hybridized carbons (Fsp3) is 0.562. The first-order valence-corrected chi connectivity index (χ1v) is 8.67. The van der Waals surface area contributed by atoms with Crippen LogP contribution in [0.5, 0.6) is 0 Å². The third-order valence-electron chi connectivity index (χ3n) is 4.93. The van der Waals surface area contributed by atoms with Gasteiger partial charge in [0.05, 0.1) is 5.02 Å². The minimum absolute atomic E-state index is 0.0318. The Morgan fingerprint density at radius 2 is 2.05 bits per heavy atom. The maximum absolute atomic E-state index is 12.2. The summed E-state index contributed by atoms with van der Waals surface area (Å²) in [5.41, 5.74) is 0.624. The molecule has 0 aliphatic carbocycles. The van der Waals surface area contributed by atoms with E-state index in [1.54, 1.807) is 12.1 Å². The second-order valence-electron chi connectivity index (χ2n) is 6.23. The predicted octanol–water partition coefficient (Wildman–Crippen LogP) is 3.71. The fourth-order valence-corrected chi connectivity index (χ4v) is 4.09. The van der Waals surface area contributed by atoms with Crippen molar-refractivity contribution in [1.29, 1.82) is 0 Å². The van der Waals surface area contributed by atoms with Gasteiger partial charge in [-0.15, -0.1) is 0 Å². The van der Waals surface area contributed by atoms with E-state index in [2.05, 4.69) is 33.2 Å². The molecule has 1 aromatic carbocycles. The van der Waals surface area contributed by atoms with Crippen LogP contribution in [0.4, 0.5) is 0 Å². The molecule has 0 aromatic heterocycles. The third-order valence-corrected chi connectivity index (χ3v) is 6.16. The van der Waals surface area contributed by atoms with Crippen LogP contribution in [0.15, 0.2) is 22.7 Å². The summed E-state index contributed by atoms with van der Waals surface area (Å²) < 4.78 is 0.813. The number of hydrogen-bond donors (Lipinski definition) is 1. The van der Waals surface area contributed by atoms with Crippen molar-refractivity contribution in [2.75, 3.05) is 13.6 Å². The van der Waals surface area contributed by atoms with E-state index < -0.39 is 0 Å². The lowest BCUT2D eigenvalue weighted by Gasteiger charge is -2.36. The van der Waals surface area contributed by atoms with Gasteiger partial charge in [0.15, 0.2) is 0 Å². The molecule has 2 aliphatic rings. The summed E-state index contributed by atoms with van der Waals surface area (Å²) in [6.07, 6.45) is 5.03. The summed E-state index contributed by atoms with van der Waals surface area (Å²) in [5.74, 6) is 0.573. The molecule has 1 amide bonds. The summed E-state index contributed by atoms with van der Waals surface area (Å²) in [7, 11) is 2.24. The predicted molar refractivity (Wildman–Crippen MR) is 88.8 cm³/mol. The number of benzene rings is 1. The normalized spacial score (nSPS) is 28.6. The molecular weight excluding hydrogens is 352 g/mol. The SMILES string of the molecule is CN1C2CCC1CC(CNC(=O)c1ccc(Br)c(Cl)c1)C2. The van der Waals surface area contributed by atoms with Crippen molar-refractivity contribution in [2.45, 2.75) is 37.8 Å². The first-order chi connectivity index (χ1) is 10.0. The van der Waals surface area contributed by atoms with Crippen molar-refractivity contribution in [2.24, 2.45) is 5.92 Å². The van der Waals surface area contributed by atoms with E-state index in [0.29, 0.717) is 28.6 Å². The topological polar surface area (TPSA) is 32.3 Å². The number of amides is 1. The fourth-order valence-electron chi connectivity index (χ4n) is 3.67. The van der Waals surface area contributed by atoms with Gasteiger partial charge in [-0.05, 0) is 72.8 Å². The maximum atomic E-state index is 12.2. The molecule has 1 N–H and O–H groups in total. The summed E-state index contributed by atoms with van der Waals surface area (Å²) >= 11 is 9.37. The Bertz CT molecular complexity index is 537. The Labute approximate surface area is 139 Å². The molecule has 2 unspecified atom stereocenters. The zero-order valence-electron chi connectivity index (χ0n) is 12.1. The van der Waals surface area contributed by atoms with Crippen LogP contribution in [0.1, 0.15) is 36.0 Å². The van der Waals surface area contributed by atoms with Crippen molar-refractivity contribution < 1.29 is 4.79 Å². The lowest BCUT2D eigenvalue weighted by Crippen LogP contribution is -2.43. The second kappa shape index (κ2) is 6.27. The van der Waals surface area contributed by atoms with Crippen LogP contribution in [0.3, 0.4) is 0 Å². The lowest BCUT2D eigenvalue weighted by atomic mass is 9.91. The quantitative estimate of drug-likeness (QED) is 0.878. The van der Waals surface area contributed by atoms with E-state index in [1.807, 2.05) is 6.07 Å². The molecule has 3 rings (SSSR count). The van der Waals surface area contributed by atoms with Gasteiger partial charge in [0.1, 0.15) is 0 Å². The molecule has 114 valence electrons. The molecule has 0 saturated carbocycles. The summed E-state index contributed by atoms with van der Waals surface area (Å²) in [4.78, 5) is 14.7. The van der Waals surface area contributed by atoms with Crippen LogP contribution in [-0.2, 0) is 0 Å². The van der Waals surface area contributed by atoms with E-state index in [1.165, 1.54) is 25.7 Å².